The van der Waals surface area contributed by atoms with E-state index in [4.69, 9.17) is 18.9 Å². The Hall–Kier alpha value is -0.980. The van der Waals surface area contributed by atoms with Gasteiger partial charge in [0.15, 0.2) is 12.1 Å². The average Bonchev–Trinajstić information content (AvgIpc) is 2.43. The Bertz CT molecular complexity index is 433. The molecule has 5 atom stereocenters. The summed E-state index contributed by atoms with van der Waals surface area (Å²) in [7, 11) is 1.58. The predicted octanol–water partition coefficient (Wildman–Crippen LogP) is 1.22. The van der Waals surface area contributed by atoms with Crippen molar-refractivity contribution >= 4 is 0 Å². The van der Waals surface area contributed by atoms with Gasteiger partial charge in [-0.1, -0.05) is 30.3 Å². The smallest absolute Gasteiger partial charge is 0.192 e. The Kier molecular flexibility index (Phi) is 3.32. The fraction of sp³-hybridized carbons (Fsp3) is 0.571. The molecule has 5 heteroatoms. The molecule has 0 spiro atoms. The zero-order valence-electron chi connectivity index (χ0n) is 11.0. The van der Waals surface area contributed by atoms with E-state index in [1.54, 1.807) is 14.0 Å². The van der Waals surface area contributed by atoms with Crippen LogP contribution in [0.2, 0.25) is 0 Å². The zero-order valence-corrected chi connectivity index (χ0v) is 11.0. The predicted molar refractivity (Wildman–Crippen MR) is 66.3 cm³/mol. The van der Waals surface area contributed by atoms with Crippen LogP contribution in [0, 0.1) is 0 Å². The molecule has 2 aliphatic heterocycles. The molecule has 0 saturated carbocycles. The highest BCUT2D eigenvalue weighted by Crippen LogP contribution is 2.39. The van der Waals surface area contributed by atoms with Crippen molar-refractivity contribution in [1.82, 2.24) is 0 Å². The summed E-state index contributed by atoms with van der Waals surface area (Å²) >= 11 is 0. The van der Waals surface area contributed by atoms with Gasteiger partial charge in [-0.2, -0.15) is 0 Å². The van der Waals surface area contributed by atoms with Crippen LogP contribution >= 0.6 is 0 Å². The van der Waals surface area contributed by atoms with Gasteiger partial charge in [-0.05, 0) is 6.92 Å². The van der Waals surface area contributed by atoms with Crippen LogP contribution in [0.3, 0.4) is 0 Å². The summed E-state index contributed by atoms with van der Waals surface area (Å²) < 4.78 is 22.5. The summed E-state index contributed by atoms with van der Waals surface area (Å²) in [5.41, 5.74) is 0.921. The van der Waals surface area contributed by atoms with E-state index in [1.165, 1.54) is 0 Å². The van der Waals surface area contributed by atoms with Gasteiger partial charge in [-0.3, -0.25) is 0 Å². The van der Waals surface area contributed by atoms with Gasteiger partial charge < -0.3 is 24.1 Å². The lowest BCUT2D eigenvalue weighted by Crippen LogP contribution is -2.65. The lowest BCUT2D eigenvalue weighted by molar-refractivity contribution is -0.406. The molecule has 2 fully saturated rings. The minimum absolute atomic E-state index is 0.241. The van der Waals surface area contributed by atoms with Crippen LogP contribution in [0.4, 0.5) is 0 Å². The van der Waals surface area contributed by atoms with Crippen molar-refractivity contribution in [2.75, 3.05) is 13.7 Å². The number of hydrogen-bond donors (Lipinski definition) is 1. The second-order valence-electron chi connectivity index (χ2n) is 5.04. The summed E-state index contributed by atoms with van der Waals surface area (Å²) in [6.45, 7) is 1.88. The first-order valence-corrected chi connectivity index (χ1v) is 6.37. The Balaban J connectivity index is 1.87. The Morgan fingerprint density at radius 2 is 2.00 bits per heavy atom. The number of methoxy groups -OCH3 is 1. The molecule has 0 amide bonds. The standard InChI is InChI=1S/C14H18O5/c1-14(15)12-11(16-2)10(8-17-14)18-13(19-12)9-6-4-3-5-7-9/h3-7,10-13,15H,8H2,1-2H3/t10-,11+,12-,13?,14?/m1/s1. The van der Waals surface area contributed by atoms with Crippen molar-refractivity contribution in [1.29, 1.82) is 0 Å². The van der Waals surface area contributed by atoms with Crippen LogP contribution in [0.1, 0.15) is 18.8 Å². The van der Waals surface area contributed by atoms with Gasteiger partial charge in [0.2, 0.25) is 0 Å². The number of aliphatic hydroxyl groups is 1. The van der Waals surface area contributed by atoms with Gasteiger partial charge >= 0.3 is 0 Å². The summed E-state index contributed by atoms with van der Waals surface area (Å²) in [4.78, 5) is 0. The summed E-state index contributed by atoms with van der Waals surface area (Å²) in [5.74, 6) is -1.37. The summed E-state index contributed by atoms with van der Waals surface area (Å²) in [6, 6.07) is 9.65. The van der Waals surface area contributed by atoms with E-state index < -0.39 is 18.2 Å². The molecule has 1 aromatic rings. The molecule has 19 heavy (non-hydrogen) atoms. The van der Waals surface area contributed by atoms with Crippen molar-refractivity contribution in [3.05, 3.63) is 35.9 Å². The van der Waals surface area contributed by atoms with Gasteiger partial charge in [0.05, 0.1) is 6.61 Å². The molecule has 3 rings (SSSR count). The van der Waals surface area contributed by atoms with Crippen molar-refractivity contribution in [2.24, 2.45) is 0 Å². The normalized spacial score (nSPS) is 42.1. The molecule has 1 aromatic carbocycles. The van der Waals surface area contributed by atoms with Gasteiger partial charge in [-0.25, -0.2) is 0 Å². The molecule has 104 valence electrons. The minimum Gasteiger partial charge on any atom is -0.376 e. The first kappa shape index (κ1) is 13.0. The SMILES string of the molecule is CO[C@@H]1[C@H]2OC(c3ccccc3)O[C@@H]1COC2(C)O. The molecule has 2 bridgehead atoms. The largest absolute Gasteiger partial charge is 0.376 e. The Morgan fingerprint density at radius 3 is 2.68 bits per heavy atom. The number of rotatable bonds is 2. The zero-order chi connectivity index (χ0) is 13.5. The molecule has 5 nitrogen and oxygen atoms in total. The molecule has 2 aliphatic rings. The Morgan fingerprint density at radius 1 is 1.26 bits per heavy atom. The monoisotopic (exact) mass is 266 g/mol. The first-order chi connectivity index (χ1) is 9.12. The molecule has 0 aliphatic carbocycles. The van der Waals surface area contributed by atoms with Crippen LogP contribution < -0.4 is 0 Å². The number of benzene rings is 1. The molecule has 0 aromatic heterocycles. The molecule has 2 saturated heterocycles. The van der Waals surface area contributed by atoms with E-state index >= 15 is 0 Å². The van der Waals surface area contributed by atoms with Gasteiger partial charge in [-0.15, -0.1) is 0 Å². The van der Waals surface area contributed by atoms with Crippen LogP contribution in [0.15, 0.2) is 30.3 Å². The van der Waals surface area contributed by atoms with E-state index in [1.807, 2.05) is 30.3 Å². The van der Waals surface area contributed by atoms with E-state index in [9.17, 15) is 5.11 Å². The van der Waals surface area contributed by atoms with Crippen molar-refractivity contribution in [2.45, 2.75) is 37.3 Å². The molecule has 2 heterocycles. The van der Waals surface area contributed by atoms with E-state index in [0.29, 0.717) is 0 Å². The van der Waals surface area contributed by atoms with Gasteiger partial charge in [0.25, 0.3) is 0 Å². The highest BCUT2D eigenvalue weighted by Gasteiger charge is 2.53. The topological polar surface area (TPSA) is 57.2 Å². The molecular weight excluding hydrogens is 248 g/mol. The minimum atomic E-state index is -1.37. The summed E-state index contributed by atoms with van der Waals surface area (Å²) in [5, 5.41) is 10.3. The first-order valence-electron chi connectivity index (χ1n) is 6.37. The highest BCUT2D eigenvalue weighted by atomic mass is 16.8. The summed E-state index contributed by atoms with van der Waals surface area (Å²) in [6.07, 6.45) is -1.65. The van der Waals surface area contributed by atoms with Crippen molar-refractivity contribution in [3.8, 4) is 0 Å². The lowest BCUT2D eigenvalue weighted by atomic mass is 9.96. The maximum absolute atomic E-state index is 10.3. The maximum atomic E-state index is 10.3. The van der Waals surface area contributed by atoms with Crippen LogP contribution in [0.5, 0.6) is 0 Å². The molecular formula is C14H18O5. The van der Waals surface area contributed by atoms with Crippen LogP contribution in [-0.2, 0) is 18.9 Å². The second-order valence-corrected chi connectivity index (χ2v) is 5.04. The lowest BCUT2D eigenvalue weighted by Gasteiger charge is -2.50. The number of ether oxygens (including phenoxy) is 4. The number of hydrogen-bond acceptors (Lipinski definition) is 5. The van der Waals surface area contributed by atoms with Crippen LogP contribution in [-0.4, -0.2) is 42.9 Å². The highest BCUT2D eigenvalue weighted by molar-refractivity contribution is 5.17. The third kappa shape index (κ3) is 2.28. The van der Waals surface area contributed by atoms with E-state index in [-0.39, 0.29) is 18.8 Å². The van der Waals surface area contributed by atoms with Gasteiger partial charge in [0.1, 0.15) is 18.3 Å². The van der Waals surface area contributed by atoms with E-state index in [2.05, 4.69) is 0 Å². The molecule has 2 unspecified atom stereocenters. The average molecular weight is 266 g/mol. The third-order valence-electron chi connectivity index (χ3n) is 3.65. The second kappa shape index (κ2) is 4.85. The fourth-order valence-corrected chi connectivity index (χ4v) is 2.61. The third-order valence-corrected chi connectivity index (χ3v) is 3.65. The Labute approximate surface area is 112 Å². The van der Waals surface area contributed by atoms with Crippen LogP contribution in [0.25, 0.3) is 0 Å². The van der Waals surface area contributed by atoms with E-state index in [0.717, 1.165) is 5.56 Å². The van der Waals surface area contributed by atoms with Gasteiger partial charge in [0, 0.05) is 12.7 Å². The quantitative estimate of drug-likeness (QED) is 0.872. The fourth-order valence-electron chi connectivity index (χ4n) is 2.61. The molecule has 0 radical (unpaired) electrons. The van der Waals surface area contributed by atoms with Crippen molar-refractivity contribution < 1.29 is 24.1 Å². The van der Waals surface area contributed by atoms with Crippen molar-refractivity contribution in [3.63, 3.8) is 0 Å². The maximum Gasteiger partial charge on any atom is 0.192 e. The molecule has 1 N–H and O–H groups in total. The number of fused-ring (bicyclic) bond motifs is 2.